The van der Waals surface area contributed by atoms with Gasteiger partial charge >= 0.3 is 0 Å². The molecule has 0 atom stereocenters. The van der Waals surface area contributed by atoms with E-state index in [1.165, 1.54) is 0 Å². The predicted octanol–water partition coefficient (Wildman–Crippen LogP) is 4.26. The molecule has 0 saturated heterocycles. The summed E-state index contributed by atoms with van der Waals surface area (Å²) >= 11 is 0. The molecule has 2 heterocycles. The van der Waals surface area contributed by atoms with E-state index in [4.69, 9.17) is 0 Å². The molecule has 1 aliphatic rings. The van der Waals surface area contributed by atoms with Crippen LogP contribution in [0.15, 0.2) is 47.3 Å². The second kappa shape index (κ2) is 5.45. The van der Waals surface area contributed by atoms with E-state index < -0.39 is 0 Å². The molecule has 0 spiro atoms. The first kappa shape index (κ1) is 14.9. The van der Waals surface area contributed by atoms with Crippen LogP contribution in [0.4, 0.5) is 0 Å². The van der Waals surface area contributed by atoms with E-state index in [1.807, 2.05) is 50.2 Å². The minimum absolute atomic E-state index is 0.0455. The molecule has 4 rings (SSSR count). The lowest BCUT2D eigenvalue weighted by Gasteiger charge is -2.23. The Balaban J connectivity index is 2.25. The summed E-state index contributed by atoms with van der Waals surface area (Å²) in [7, 11) is 0. The van der Waals surface area contributed by atoms with Crippen molar-refractivity contribution in [3.63, 3.8) is 0 Å². The molecule has 120 valence electrons. The van der Waals surface area contributed by atoms with E-state index in [0.717, 1.165) is 34.1 Å². The third-order valence-corrected chi connectivity index (χ3v) is 5.00. The van der Waals surface area contributed by atoms with Crippen LogP contribution < -0.4 is 5.56 Å². The van der Waals surface area contributed by atoms with E-state index in [0.29, 0.717) is 24.0 Å². The number of Topliss-reactive ketones (excluding diaryl/α,β-unsaturated/α-hetero) is 1. The van der Waals surface area contributed by atoms with Crippen molar-refractivity contribution in [2.75, 3.05) is 0 Å². The number of aromatic nitrogens is 1. The summed E-state index contributed by atoms with van der Waals surface area (Å²) in [6.45, 7) is 4.68. The highest BCUT2D eigenvalue weighted by Gasteiger charge is 2.26. The van der Waals surface area contributed by atoms with E-state index >= 15 is 0 Å². The SMILES string of the molecule is Cc1cc2c(-c3ccccc3)c3n(c(=O)c2cc1C)CCCC3=O. The highest BCUT2D eigenvalue weighted by atomic mass is 16.1. The van der Waals surface area contributed by atoms with Gasteiger partial charge in [-0.2, -0.15) is 0 Å². The van der Waals surface area contributed by atoms with Crippen LogP contribution in [0.5, 0.6) is 0 Å². The summed E-state index contributed by atoms with van der Waals surface area (Å²) < 4.78 is 1.69. The molecular weight excluding hydrogens is 298 g/mol. The Morgan fingerprint density at radius 2 is 1.58 bits per heavy atom. The Morgan fingerprint density at radius 3 is 2.29 bits per heavy atom. The summed E-state index contributed by atoms with van der Waals surface area (Å²) in [6.07, 6.45) is 1.24. The van der Waals surface area contributed by atoms with Gasteiger partial charge in [0.1, 0.15) is 0 Å². The first-order valence-electron chi connectivity index (χ1n) is 8.34. The average Bonchev–Trinajstić information content (AvgIpc) is 2.59. The fraction of sp³-hybridized carbons (Fsp3) is 0.238. The van der Waals surface area contributed by atoms with Crippen molar-refractivity contribution in [2.24, 2.45) is 0 Å². The predicted molar refractivity (Wildman–Crippen MR) is 96.7 cm³/mol. The highest BCUT2D eigenvalue weighted by molar-refractivity contribution is 6.09. The van der Waals surface area contributed by atoms with Crippen LogP contribution >= 0.6 is 0 Å². The maximum Gasteiger partial charge on any atom is 0.259 e. The van der Waals surface area contributed by atoms with E-state index in [-0.39, 0.29) is 11.3 Å². The van der Waals surface area contributed by atoms with E-state index in [9.17, 15) is 9.59 Å². The van der Waals surface area contributed by atoms with E-state index in [2.05, 4.69) is 6.07 Å². The number of benzene rings is 2. The molecular formula is C21H19NO2. The first-order chi connectivity index (χ1) is 11.6. The number of carbonyl (C=O) groups excluding carboxylic acids is 1. The normalized spacial score (nSPS) is 14.0. The van der Waals surface area contributed by atoms with Gasteiger partial charge in [-0.05, 0) is 48.4 Å². The molecule has 24 heavy (non-hydrogen) atoms. The van der Waals surface area contributed by atoms with Crippen molar-refractivity contribution in [3.8, 4) is 11.1 Å². The molecule has 3 heteroatoms. The lowest BCUT2D eigenvalue weighted by Crippen LogP contribution is -2.31. The van der Waals surface area contributed by atoms with Crippen molar-refractivity contribution in [1.82, 2.24) is 4.57 Å². The van der Waals surface area contributed by atoms with Gasteiger partial charge in [0, 0.05) is 23.9 Å². The van der Waals surface area contributed by atoms with Crippen LogP contribution in [-0.4, -0.2) is 10.4 Å². The zero-order valence-corrected chi connectivity index (χ0v) is 13.9. The summed E-state index contributed by atoms with van der Waals surface area (Å²) in [6, 6.07) is 13.9. The van der Waals surface area contributed by atoms with Crippen molar-refractivity contribution in [1.29, 1.82) is 0 Å². The van der Waals surface area contributed by atoms with Gasteiger partial charge in [-0.3, -0.25) is 9.59 Å². The van der Waals surface area contributed by atoms with Crippen molar-refractivity contribution >= 4 is 16.6 Å². The van der Waals surface area contributed by atoms with Crippen molar-refractivity contribution < 1.29 is 4.79 Å². The minimum atomic E-state index is -0.0455. The second-order valence-electron chi connectivity index (χ2n) is 6.56. The molecule has 1 aliphatic heterocycles. The summed E-state index contributed by atoms with van der Waals surface area (Å²) in [5, 5.41) is 1.59. The van der Waals surface area contributed by atoms with Crippen LogP contribution in [0, 0.1) is 13.8 Å². The molecule has 0 bridgehead atoms. The number of pyridine rings is 1. The van der Waals surface area contributed by atoms with Gasteiger partial charge < -0.3 is 4.57 Å². The van der Waals surface area contributed by atoms with Crippen LogP contribution in [0.2, 0.25) is 0 Å². The molecule has 3 aromatic rings. The number of rotatable bonds is 1. The summed E-state index contributed by atoms with van der Waals surface area (Å²) in [5.41, 5.74) is 4.65. The molecule has 2 aromatic carbocycles. The summed E-state index contributed by atoms with van der Waals surface area (Å²) in [4.78, 5) is 25.6. The van der Waals surface area contributed by atoms with Gasteiger partial charge in [0.15, 0.2) is 5.78 Å². The molecule has 0 amide bonds. The molecule has 0 N–H and O–H groups in total. The fourth-order valence-electron chi connectivity index (χ4n) is 3.63. The second-order valence-corrected chi connectivity index (χ2v) is 6.56. The van der Waals surface area contributed by atoms with E-state index in [1.54, 1.807) is 4.57 Å². The smallest absolute Gasteiger partial charge is 0.259 e. The fourth-order valence-corrected chi connectivity index (χ4v) is 3.63. The van der Waals surface area contributed by atoms with Crippen LogP contribution in [0.25, 0.3) is 21.9 Å². The molecule has 0 unspecified atom stereocenters. The number of aryl methyl sites for hydroxylation is 2. The Kier molecular flexibility index (Phi) is 3.38. The monoisotopic (exact) mass is 317 g/mol. The molecule has 3 nitrogen and oxygen atoms in total. The van der Waals surface area contributed by atoms with Crippen molar-refractivity contribution in [2.45, 2.75) is 33.2 Å². The number of nitrogens with zero attached hydrogens (tertiary/aromatic N) is 1. The zero-order valence-electron chi connectivity index (χ0n) is 13.9. The Morgan fingerprint density at radius 1 is 0.917 bits per heavy atom. The average molecular weight is 317 g/mol. The molecule has 0 saturated carbocycles. The third-order valence-electron chi connectivity index (χ3n) is 5.00. The first-order valence-corrected chi connectivity index (χ1v) is 8.34. The zero-order chi connectivity index (χ0) is 16.8. The lowest BCUT2D eigenvalue weighted by molar-refractivity contribution is 0.0954. The minimum Gasteiger partial charge on any atom is -0.304 e. The molecule has 1 aromatic heterocycles. The maximum absolute atomic E-state index is 13.0. The van der Waals surface area contributed by atoms with Crippen LogP contribution in [0.1, 0.15) is 34.5 Å². The number of ketones is 1. The Bertz CT molecular complexity index is 1030. The van der Waals surface area contributed by atoms with Gasteiger partial charge in [0.25, 0.3) is 5.56 Å². The number of hydrogen-bond acceptors (Lipinski definition) is 2. The number of hydrogen-bond donors (Lipinski definition) is 0. The van der Waals surface area contributed by atoms with Crippen molar-refractivity contribution in [3.05, 3.63) is 69.6 Å². The van der Waals surface area contributed by atoms with Gasteiger partial charge in [-0.25, -0.2) is 0 Å². The highest BCUT2D eigenvalue weighted by Crippen LogP contribution is 2.34. The molecule has 0 radical (unpaired) electrons. The lowest BCUT2D eigenvalue weighted by atomic mass is 9.90. The maximum atomic E-state index is 13.0. The topological polar surface area (TPSA) is 39.1 Å². The van der Waals surface area contributed by atoms with Gasteiger partial charge in [-0.15, -0.1) is 0 Å². The van der Waals surface area contributed by atoms with Gasteiger partial charge in [0.2, 0.25) is 0 Å². The molecule has 0 fully saturated rings. The Labute approximate surface area is 140 Å². The summed E-state index contributed by atoms with van der Waals surface area (Å²) in [5.74, 6) is 0.0670. The van der Waals surface area contributed by atoms with Crippen LogP contribution in [-0.2, 0) is 6.54 Å². The third kappa shape index (κ3) is 2.12. The quantitative estimate of drug-likeness (QED) is 0.672. The Hall–Kier alpha value is -2.68. The van der Waals surface area contributed by atoms with Crippen LogP contribution in [0.3, 0.4) is 0 Å². The number of fused-ring (bicyclic) bond motifs is 2. The largest absolute Gasteiger partial charge is 0.304 e. The molecule has 0 aliphatic carbocycles. The standard InChI is InChI=1S/C21H19NO2/c1-13-11-16-17(12-14(13)2)21(24)22-10-6-9-18(23)20(22)19(16)15-7-4-3-5-8-15/h3-5,7-8,11-12H,6,9-10H2,1-2H3. The van der Waals surface area contributed by atoms with Gasteiger partial charge in [0.05, 0.1) is 5.69 Å². The number of carbonyl (C=O) groups is 1. The van der Waals surface area contributed by atoms with Gasteiger partial charge in [-0.1, -0.05) is 36.4 Å².